The van der Waals surface area contributed by atoms with E-state index in [1.54, 1.807) is 12.5 Å². The van der Waals surface area contributed by atoms with Crippen LogP contribution in [0.15, 0.2) is 59.3 Å². The van der Waals surface area contributed by atoms with Crippen LogP contribution in [0.2, 0.25) is 0 Å². The summed E-state index contributed by atoms with van der Waals surface area (Å²) in [6.45, 7) is 0. The van der Waals surface area contributed by atoms with Crippen molar-refractivity contribution >= 4 is 13.3 Å². The molecule has 2 aromatic heterocycles. The molecule has 2 radical (unpaired) electrons. The molecule has 0 unspecified atom stereocenters. The highest BCUT2D eigenvalue weighted by Gasteiger charge is 2.08. The molecule has 0 saturated heterocycles. The Kier molecular flexibility index (Phi) is 2.69. The Hall–Kier alpha value is -2.36. The molecule has 0 saturated carbocycles. The molecule has 2 heterocycles. The fourth-order valence-electron chi connectivity index (χ4n) is 1.71. The summed E-state index contributed by atoms with van der Waals surface area (Å²) in [5.74, 6) is 0.544. The van der Waals surface area contributed by atoms with E-state index >= 15 is 0 Å². The molecule has 0 spiro atoms. The van der Waals surface area contributed by atoms with Crippen molar-refractivity contribution in [3.05, 3.63) is 54.9 Å². The first-order valence-electron chi connectivity index (χ1n) is 5.56. The highest BCUT2D eigenvalue weighted by molar-refractivity contribution is 6.32. The SMILES string of the molecule is [B]c1cccc(-c2nc(-c3ccccn3)co2)c1. The summed E-state index contributed by atoms with van der Waals surface area (Å²) in [7, 11) is 5.73. The topological polar surface area (TPSA) is 38.9 Å². The van der Waals surface area contributed by atoms with Gasteiger partial charge in [-0.2, -0.15) is 0 Å². The van der Waals surface area contributed by atoms with E-state index in [0.29, 0.717) is 17.0 Å². The van der Waals surface area contributed by atoms with Gasteiger partial charge in [0.1, 0.15) is 19.8 Å². The molecule has 0 bridgehead atoms. The Morgan fingerprint density at radius 3 is 2.72 bits per heavy atom. The Bertz CT molecular complexity index is 664. The molecular weight excluding hydrogens is 223 g/mol. The lowest BCUT2D eigenvalue weighted by Crippen LogP contribution is -2.00. The first-order valence-corrected chi connectivity index (χ1v) is 5.56. The van der Waals surface area contributed by atoms with E-state index in [4.69, 9.17) is 12.3 Å². The van der Waals surface area contributed by atoms with Crippen LogP contribution in [0.1, 0.15) is 0 Å². The van der Waals surface area contributed by atoms with Crippen LogP contribution in [0.25, 0.3) is 22.8 Å². The molecule has 3 nitrogen and oxygen atoms in total. The summed E-state index contributed by atoms with van der Waals surface area (Å²) in [4.78, 5) is 8.63. The molecule has 84 valence electrons. The number of nitrogens with zero attached hydrogens (tertiary/aromatic N) is 2. The third-order valence-electron chi connectivity index (χ3n) is 2.57. The lowest BCUT2D eigenvalue weighted by Gasteiger charge is -1.96. The number of hydrogen-bond acceptors (Lipinski definition) is 3. The summed E-state index contributed by atoms with van der Waals surface area (Å²) < 4.78 is 5.45. The van der Waals surface area contributed by atoms with Gasteiger partial charge < -0.3 is 4.42 Å². The van der Waals surface area contributed by atoms with Crippen molar-refractivity contribution in [2.24, 2.45) is 0 Å². The van der Waals surface area contributed by atoms with Gasteiger partial charge in [0.15, 0.2) is 0 Å². The Labute approximate surface area is 106 Å². The molecule has 0 atom stereocenters. The first kappa shape index (κ1) is 10.8. The van der Waals surface area contributed by atoms with Crippen molar-refractivity contribution in [1.29, 1.82) is 0 Å². The van der Waals surface area contributed by atoms with Crippen LogP contribution in [0.4, 0.5) is 0 Å². The minimum absolute atomic E-state index is 0.544. The fourth-order valence-corrected chi connectivity index (χ4v) is 1.71. The highest BCUT2D eigenvalue weighted by Crippen LogP contribution is 2.22. The molecule has 0 aliphatic heterocycles. The standard InChI is InChI=1S/C14H9BN2O/c15-11-5-3-4-10(8-11)14-17-13(9-18-14)12-6-1-2-7-16-12/h1-9H. The Balaban J connectivity index is 2.00. The third kappa shape index (κ3) is 2.05. The minimum Gasteiger partial charge on any atom is -0.444 e. The zero-order chi connectivity index (χ0) is 12.4. The average molecular weight is 232 g/mol. The van der Waals surface area contributed by atoms with Crippen LogP contribution in [-0.2, 0) is 0 Å². The maximum Gasteiger partial charge on any atom is 0.226 e. The lowest BCUT2D eigenvalue weighted by molar-refractivity contribution is 0.575. The van der Waals surface area contributed by atoms with Crippen LogP contribution >= 0.6 is 0 Å². The second kappa shape index (κ2) is 4.49. The number of oxazole rings is 1. The average Bonchev–Trinajstić information content (AvgIpc) is 2.89. The lowest BCUT2D eigenvalue weighted by atomic mass is 9.94. The van der Waals surface area contributed by atoms with Gasteiger partial charge in [-0.25, -0.2) is 4.98 Å². The van der Waals surface area contributed by atoms with Crippen molar-refractivity contribution in [2.45, 2.75) is 0 Å². The maximum atomic E-state index is 5.73. The largest absolute Gasteiger partial charge is 0.444 e. The summed E-state index contributed by atoms with van der Waals surface area (Å²) in [5.41, 5.74) is 3.05. The number of hydrogen-bond donors (Lipinski definition) is 0. The third-order valence-corrected chi connectivity index (χ3v) is 2.57. The van der Waals surface area contributed by atoms with E-state index in [0.717, 1.165) is 11.3 Å². The Morgan fingerprint density at radius 1 is 1.00 bits per heavy atom. The van der Waals surface area contributed by atoms with E-state index in [1.165, 1.54) is 0 Å². The monoisotopic (exact) mass is 232 g/mol. The van der Waals surface area contributed by atoms with Gasteiger partial charge in [0.05, 0.1) is 5.69 Å². The van der Waals surface area contributed by atoms with E-state index < -0.39 is 0 Å². The van der Waals surface area contributed by atoms with Gasteiger partial charge in [0.25, 0.3) is 0 Å². The van der Waals surface area contributed by atoms with Gasteiger partial charge in [0, 0.05) is 11.8 Å². The highest BCUT2D eigenvalue weighted by atomic mass is 16.3. The minimum atomic E-state index is 0.544. The quantitative estimate of drug-likeness (QED) is 0.635. The summed E-state index contributed by atoms with van der Waals surface area (Å²) in [6, 6.07) is 13.1. The van der Waals surface area contributed by atoms with Crippen LogP contribution in [0, 0.1) is 0 Å². The van der Waals surface area contributed by atoms with Crippen molar-refractivity contribution in [3.63, 3.8) is 0 Å². The molecule has 0 N–H and O–H groups in total. The summed E-state index contributed by atoms with van der Waals surface area (Å²) in [5, 5.41) is 0. The molecular formula is C14H9BN2O. The molecule has 3 rings (SSSR count). The van der Waals surface area contributed by atoms with Gasteiger partial charge in [-0.3, -0.25) is 4.98 Å². The van der Waals surface area contributed by atoms with Crippen LogP contribution in [-0.4, -0.2) is 17.8 Å². The molecule has 3 aromatic rings. The normalized spacial score (nSPS) is 10.4. The molecule has 0 amide bonds. The van der Waals surface area contributed by atoms with Crippen molar-refractivity contribution < 1.29 is 4.42 Å². The van der Waals surface area contributed by atoms with Crippen LogP contribution in [0.5, 0.6) is 0 Å². The first-order chi connectivity index (χ1) is 8.83. The summed E-state index contributed by atoms with van der Waals surface area (Å²) in [6.07, 6.45) is 3.32. The predicted molar refractivity (Wildman–Crippen MR) is 70.6 cm³/mol. The number of aromatic nitrogens is 2. The number of pyridine rings is 1. The van der Waals surface area contributed by atoms with Crippen molar-refractivity contribution in [2.75, 3.05) is 0 Å². The molecule has 0 aliphatic rings. The molecule has 18 heavy (non-hydrogen) atoms. The molecule has 0 fully saturated rings. The second-order valence-electron chi connectivity index (χ2n) is 3.88. The van der Waals surface area contributed by atoms with Crippen LogP contribution in [0.3, 0.4) is 0 Å². The van der Waals surface area contributed by atoms with E-state index in [9.17, 15) is 0 Å². The number of benzene rings is 1. The van der Waals surface area contributed by atoms with Crippen molar-refractivity contribution in [1.82, 2.24) is 9.97 Å². The fraction of sp³-hybridized carbons (Fsp3) is 0. The number of rotatable bonds is 2. The van der Waals surface area contributed by atoms with Crippen molar-refractivity contribution in [3.8, 4) is 22.8 Å². The zero-order valence-corrected chi connectivity index (χ0v) is 9.58. The Morgan fingerprint density at radius 2 is 1.94 bits per heavy atom. The molecule has 0 aliphatic carbocycles. The van der Waals surface area contributed by atoms with E-state index in [2.05, 4.69) is 9.97 Å². The maximum absolute atomic E-state index is 5.73. The molecule has 1 aromatic carbocycles. The van der Waals surface area contributed by atoms with E-state index in [1.807, 2.05) is 42.5 Å². The van der Waals surface area contributed by atoms with Gasteiger partial charge >= 0.3 is 0 Å². The summed E-state index contributed by atoms with van der Waals surface area (Å²) >= 11 is 0. The van der Waals surface area contributed by atoms with Gasteiger partial charge in [-0.15, -0.1) is 0 Å². The zero-order valence-electron chi connectivity index (χ0n) is 9.58. The molecule has 4 heteroatoms. The van der Waals surface area contributed by atoms with Gasteiger partial charge in [-0.1, -0.05) is 29.7 Å². The van der Waals surface area contributed by atoms with E-state index in [-0.39, 0.29) is 0 Å². The van der Waals surface area contributed by atoms with Crippen LogP contribution < -0.4 is 5.46 Å². The van der Waals surface area contributed by atoms with Gasteiger partial charge in [-0.05, 0) is 18.2 Å². The second-order valence-corrected chi connectivity index (χ2v) is 3.88. The smallest absolute Gasteiger partial charge is 0.226 e. The van der Waals surface area contributed by atoms with Gasteiger partial charge in [0.2, 0.25) is 5.89 Å². The predicted octanol–water partition coefficient (Wildman–Crippen LogP) is 2.20.